The van der Waals surface area contributed by atoms with Gasteiger partial charge in [-0.2, -0.15) is 0 Å². The van der Waals surface area contributed by atoms with Crippen molar-refractivity contribution in [3.63, 3.8) is 0 Å². The summed E-state index contributed by atoms with van der Waals surface area (Å²) in [6, 6.07) is 0. The summed E-state index contributed by atoms with van der Waals surface area (Å²) in [6.07, 6.45) is 3.09. The van der Waals surface area contributed by atoms with Crippen LogP contribution in [0.25, 0.3) is 0 Å². The summed E-state index contributed by atoms with van der Waals surface area (Å²) in [5.74, 6) is -0.138. The number of unbranched alkanes of at least 4 members (excludes halogenated alkanes) is 1. The summed E-state index contributed by atoms with van der Waals surface area (Å²) in [5.41, 5.74) is 0. The Kier molecular flexibility index (Phi) is 11.4. The van der Waals surface area contributed by atoms with E-state index in [4.69, 9.17) is 4.74 Å². The maximum Gasteiger partial charge on any atom is 0.319 e. The number of rotatable bonds is 11. The van der Waals surface area contributed by atoms with Gasteiger partial charge in [0.05, 0.1) is 13.2 Å². The second-order valence-corrected chi connectivity index (χ2v) is 4.13. The monoisotopic (exact) mass is 244 g/mol. The molecule has 0 aromatic rings. The molecule has 0 atom stereocenters. The highest BCUT2D eigenvalue weighted by molar-refractivity contribution is 5.71. The number of hydrogen-bond donors (Lipinski definition) is 1. The van der Waals surface area contributed by atoms with Gasteiger partial charge < -0.3 is 15.0 Å². The van der Waals surface area contributed by atoms with Crippen LogP contribution in [-0.4, -0.2) is 50.2 Å². The van der Waals surface area contributed by atoms with E-state index < -0.39 is 0 Å². The van der Waals surface area contributed by atoms with Crippen molar-refractivity contribution in [3.8, 4) is 0 Å². The minimum Gasteiger partial charge on any atom is -0.465 e. The maximum absolute atomic E-state index is 11.2. The largest absolute Gasteiger partial charge is 0.465 e. The van der Waals surface area contributed by atoms with Crippen molar-refractivity contribution < 1.29 is 9.53 Å². The highest BCUT2D eigenvalue weighted by Crippen LogP contribution is 1.90. The van der Waals surface area contributed by atoms with Gasteiger partial charge in [0.15, 0.2) is 0 Å². The van der Waals surface area contributed by atoms with E-state index in [9.17, 15) is 4.79 Å². The number of ether oxygens (including phenoxy) is 1. The van der Waals surface area contributed by atoms with E-state index in [0.29, 0.717) is 13.2 Å². The van der Waals surface area contributed by atoms with Gasteiger partial charge in [0.1, 0.15) is 0 Å². The van der Waals surface area contributed by atoms with Crippen LogP contribution in [0.2, 0.25) is 0 Å². The van der Waals surface area contributed by atoms with Gasteiger partial charge in [0.25, 0.3) is 0 Å². The minimum absolute atomic E-state index is 0.138. The molecule has 0 aliphatic heterocycles. The predicted molar refractivity (Wildman–Crippen MR) is 71.1 cm³/mol. The first kappa shape index (κ1) is 16.4. The molecule has 17 heavy (non-hydrogen) atoms. The number of nitrogens with zero attached hydrogens (tertiary/aromatic N) is 1. The number of esters is 1. The summed E-state index contributed by atoms with van der Waals surface area (Å²) in [6.45, 7) is 11.5. The molecule has 0 aliphatic carbocycles. The third-order valence-corrected chi connectivity index (χ3v) is 2.75. The number of nitrogens with one attached hydrogen (secondary N) is 1. The Hall–Kier alpha value is -0.610. The smallest absolute Gasteiger partial charge is 0.319 e. The minimum atomic E-state index is -0.138. The Morgan fingerprint density at radius 2 is 1.88 bits per heavy atom. The molecule has 4 nitrogen and oxygen atoms in total. The van der Waals surface area contributed by atoms with E-state index in [1.54, 1.807) is 0 Å². The van der Waals surface area contributed by atoms with Crippen LogP contribution in [-0.2, 0) is 9.53 Å². The van der Waals surface area contributed by atoms with Gasteiger partial charge in [-0.1, -0.05) is 27.2 Å². The summed E-state index contributed by atoms with van der Waals surface area (Å²) in [5, 5.41) is 3.11. The standard InChI is InChI=1S/C13H28N2O2/c1-4-7-11-17-13(16)12-14-9-8-10-15(5-2)6-3/h14H,4-12H2,1-3H3. The number of carbonyl (C=O) groups is 1. The third kappa shape index (κ3) is 10.3. The van der Waals surface area contributed by atoms with Crippen molar-refractivity contribution >= 4 is 5.97 Å². The van der Waals surface area contributed by atoms with Crippen LogP contribution in [0.4, 0.5) is 0 Å². The number of hydrogen-bond acceptors (Lipinski definition) is 4. The van der Waals surface area contributed by atoms with E-state index >= 15 is 0 Å². The van der Waals surface area contributed by atoms with Gasteiger partial charge in [0.2, 0.25) is 0 Å². The molecular weight excluding hydrogens is 216 g/mol. The summed E-state index contributed by atoms with van der Waals surface area (Å²) in [7, 11) is 0. The molecule has 0 aliphatic rings. The lowest BCUT2D eigenvalue weighted by atomic mass is 10.3. The molecular formula is C13H28N2O2. The molecule has 0 rings (SSSR count). The average molecular weight is 244 g/mol. The SMILES string of the molecule is CCCCOC(=O)CNCCCN(CC)CC. The van der Waals surface area contributed by atoms with E-state index in [0.717, 1.165) is 45.4 Å². The van der Waals surface area contributed by atoms with E-state index in [2.05, 4.69) is 31.0 Å². The van der Waals surface area contributed by atoms with E-state index in [1.807, 2.05) is 0 Å². The van der Waals surface area contributed by atoms with Crippen molar-refractivity contribution in [2.75, 3.05) is 39.3 Å². The Morgan fingerprint density at radius 1 is 1.18 bits per heavy atom. The lowest BCUT2D eigenvalue weighted by Gasteiger charge is -2.17. The molecule has 0 saturated heterocycles. The maximum atomic E-state index is 11.2. The lowest BCUT2D eigenvalue weighted by molar-refractivity contribution is -0.142. The van der Waals surface area contributed by atoms with Crippen molar-refractivity contribution in [1.29, 1.82) is 0 Å². The van der Waals surface area contributed by atoms with Crippen LogP contribution in [0.15, 0.2) is 0 Å². The van der Waals surface area contributed by atoms with E-state index in [-0.39, 0.29) is 5.97 Å². The van der Waals surface area contributed by atoms with Crippen LogP contribution >= 0.6 is 0 Å². The molecule has 0 fully saturated rings. The normalized spacial score (nSPS) is 10.8. The predicted octanol–water partition coefficient (Wildman–Crippen LogP) is 1.65. The van der Waals surface area contributed by atoms with Gasteiger partial charge in [0, 0.05) is 0 Å². The molecule has 102 valence electrons. The van der Waals surface area contributed by atoms with Gasteiger partial charge in [-0.15, -0.1) is 0 Å². The van der Waals surface area contributed by atoms with Crippen molar-refractivity contribution in [2.45, 2.75) is 40.0 Å². The van der Waals surface area contributed by atoms with Crippen LogP contribution in [0.3, 0.4) is 0 Å². The molecule has 0 saturated carbocycles. The molecule has 4 heteroatoms. The molecule has 0 aromatic heterocycles. The Morgan fingerprint density at radius 3 is 2.47 bits per heavy atom. The zero-order chi connectivity index (χ0) is 12.9. The molecule has 0 radical (unpaired) electrons. The third-order valence-electron chi connectivity index (χ3n) is 2.75. The fourth-order valence-electron chi connectivity index (χ4n) is 1.54. The van der Waals surface area contributed by atoms with Crippen LogP contribution in [0, 0.1) is 0 Å². The molecule has 0 spiro atoms. The highest BCUT2D eigenvalue weighted by Gasteiger charge is 2.02. The quantitative estimate of drug-likeness (QED) is 0.443. The second-order valence-electron chi connectivity index (χ2n) is 4.13. The topological polar surface area (TPSA) is 41.6 Å². The Labute approximate surface area is 106 Å². The van der Waals surface area contributed by atoms with E-state index in [1.165, 1.54) is 0 Å². The van der Waals surface area contributed by atoms with Crippen LogP contribution in [0.5, 0.6) is 0 Å². The molecule has 1 N–H and O–H groups in total. The van der Waals surface area contributed by atoms with Crippen LogP contribution in [0.1, 0.15) is 40.0 Å². The highest BCUT2D eigenvalue weighted by atomic mass is 16.5. The molecule has 0 amide bonds. The molecule has 0 heterocycles. The molecule has 0 unspecified atom stereocenters. The first-order valence-corrected chi connectivity index (χ1v) is 6.83. The lowest BCUT2D eigenvalue weighted by Crippen LogP contribution is -2.30. The first-order chi connectivity index (χ1) is 8.24. The van der Waals surface area contributed by atoms with Crippen LogP contribution < -0.4 is 5.32 Å². The van der Waals surface area contributed by atoms with Crippen molar-refractivity contribution in [1.82, 2.24) is 10.2 Å². The first-order valence-electron chi connectivity index (χ1n) is 6.83. The Bertz CT molecular complexity index is 182. The zero-order valence-corrected chi connectivity index (χ0v) is 11.6. The second kappa shape index (κ2) is 11.9. The summed E-state index contributed by atoms with van der Waals surface area (Å²) in [4.78, 5) is 13.6. The summed E-state index contributed by atoms with van der Waals surface area (Å²) < 4.78 is 5.04. The summed E-state index contributed by atoms with van der Waals surface area (Å²) >= 11 is 0. The van der Waals surface area contributed by atoms with Gasteiger partial charge >= 0.3 is 5.97 Å². The average Bonchev–Trinajstić information content (AvgIpc) is 2.34. The number of carbonyl (C=O) groups excluding carboxylic acids is 1. The fraction of sp³-hybridized carbons (Fsp3) is 0.923. The van der Waals surface area contributed by atoms with Gasteiger partial charge in [-0.05, 0) is 39.0 Å². The Balaban J connectivity index is 3.29. The van der Waals surface area contributed by atoms with Crippen molar-refractivity contribution in [2.24, 2.45) is 0 Å². The fourth-order valence-corrected chi connectivity index (χ4v) is 1.54. The molecule has 0 bridgehead atoms. The van der Waals surface area contributed by atoms with Crippen molar-refractivity contribution in [3.05, 3.63) is 0 Å². The van der Waals surface area contributed by atoms with Gasteiger partial charge in [-0.25, -0.2) is 0 Å². The zero-order valence-electron chi connectivity index (χ0n) is 11.6. The van der Waals surface area contributed by atoms with Gasteiger partial charge in [-0.3, -0.25) is 4.79 Å². The molecule has 0 aromatic carbocycles.